The maximum absolute atomic E-state index is 10.6. The molecule has 0 unspecified atom stereocenters. The number of aromatic hydroxyl groups is 1. The summed E-state index contributed by atoms with van der Waals surface area (Å²) in [6.45, 7) is 1.58. The van der Waals surface area contributed by atoms with Gasteiger partial charge in [-0.1, -0.05) is 12.1 Å². The van der Waals surface area contributed by atoms with Crippen LogP contribution < -0.4 is 0 Å². The second-order valence-corrected chi connectivity index (χ2v) is 76.4. The van der Waals surface area contributed by atoms with Gasteiger partial charge in [0, 0.05) is 384 Å². The Bertz CT molecular complexity index is 3110. The standard InChI is InChI=1S/C10H12O2.S42/c1-8(11)2-3-9-4-6-10(12)7-5-9;1-3-5-7-9-11-13-15-17-19-21-23-25-27-29-31-33-35-37-39-41-42-40-38-36-34-32-30-28-26-24-22-20-18-16-14-12-10-8-6-4-2/h4-7,12H,2-3H2,1H3;. The molecule has 0 aliphatic heterocycles. The first-order valence-electron chi connectivity index (χ1n) is 10.8. The Balaban J connectivity index is 0.00000196. The summed E-state index contributed by atoms with van der Waals surface area (Å²) >= 11 is 9.61. The first-order chi connectivity index (χ1) is 26.6. The van der Waals surface area contributed by atoms with Crippen LogP contribution in [0, 0.1) is 0 Å². The maximum atomic E-state index is 10.6. The van der Waals surface area contributed by atoms with Crippen molar-refractivity contribution in [2.45, 2.75) is 19.8 Å². The maximum Gasteiger partial charge on any atom is 0.130 e. The van der Waals surface area contributed by atoms with Crippen LogP contribution in [0.4, 0.5) is 0 Å². The van der Waals surface area contributed by atoms with Gasteiger partial charge in [0.1, 0.15) is 11.5 Å². The summed E-state index contributed by atoms with van der Waals surface area (Å²) in [5, 5.41) is 8.97. The number of aryl methyl sites for hydroxylation is 1. The number of ketones is 1. The fraction of sp³-hybridized carbons (Fsp3) is 0.300. The Hall–Kier alpha value is 7.93. The van der Waals surface area contributed by atoms with Gasteiger partial charge in [0.05, 0.1) is 0 Å². The molecule has 0 heterocycles. The van der Waals surface area contributed by atoms with Crippen molar-refractivity contribution < 1.29 is 9.90 Å². The van der Waals surface area contributed by atoms with E-state index in [0.717, 1.165) is 12.0 Å². The van der Waals surface area contributed by atoms with Crippen molar-refractivity contribution in [1.82, 2.24) is 0 Å². The highest BCUT2D eigenvalue weighted by Crippen LogP contribution is 2.10. The van der Waals surface area contributed by atoms with Crippen LogP contribution in [0.3, 0.4) is 0 Å². The number of carbonyl (C=O) groups excluding carboxylic acids is 1. The van der Waals surface area contributed by atoms with Gasteiger partial charge in [-0.2, -0.15) is 0 Å². The number of carbonyl (C=O) groups is 1. The number of benzene rings is 1. The molecule has 0 aliphatic rings. The van der Waals surface area contributed by atoms with Crippen LogP contribution in [-0.4, -0.2) is 10.9 Å². The van der Waals surface area contributed by atoms with Crippen molar-refractivity contribution in [3.8, 4) is 5.75 Å². The Labute approximate surface area is 437 Å². The zero-order chi connectivity index (χ0) is 39.3. The molecule has 54 heavy (non-hydrogen) atoms. The van der Waals surface area contributed by atoms with Crippen LogP contribution in [0.1, 0.15) is 18.9 Å². The van der Waals surface area contributed by atoms with Crippen molar-refractivity contribution in [2.24, 2.45) is 0 Å². The summed E-state index contributed by atoms with van der Waals surface area (Å²) in [6.07, 6.45) is 1.33. The highest BCUT2D eigenvalue weighted by Gasteiger charge is 1.96. The molecule has 0 saturated heterocycles. The lowest BCUT2D eigenvalue weighted by Crippen LogP contribution is -1.93. The molecule has 0 saturated carbocycles. The van der Waals surface area contributed by atoms with Gasteiger partial charge < -0.3 is 9.90 Å². The van der Waals surface area contributed by atoms with Gasteiger partial charge in [-0.3, -0.25) is 0 Å². The number of phenols is 1. The fourth-order valence-electron chi connectivity index (χ4n) is 1.41. The van der Waals surface area contributed by atoms with Crippen LogP contribution in [0.15, 0.2) is 24.3 Å². The molecule has 0 fully saturated rings. The summed E-state index contributed by atoms with van der Waals surface area (Å²) in [5.41, 5.74) is 1.09. The summed E-state index contributed by atoms with van der Waals surface area (Å²) in [4.78, 5) is 10.6. The van der Waals surface area contributed by atoms with E-state index < -0.39 is 0 Å². The van der Waals surface area contributed by atoms with Gasteiger partial charge >= 0.3 is 0 Å². The van der Waals surface area contributed by atoms with Gasteiger partial charge in [0.25, 0.3) is 0 Å². The van der Waals surface area contributed by atoms with E-state index in [2.05, 4.69) is 0 Å². The lowest BCUT2D eigenvalue weighted by Gasteiger charge is -1.98. The second kappa shape index (κ2) is 55.3. The number of rotatable bonds is 3. The average molecular weight is 1510 g/mol. The van der Waals surface area contributed by atoms with E-state index in [1.807, 2.05) is 243 Å². The molecule has 316 valence electrons. The quantitative estimate of drug-likeness (QED) is 0.503. The van der Waals surface area contributed by atoms with Gasteiger partial charge in [-0.05, 0) is 31.0 Å². The van der Waals surface area contributed by atoms with E-state index in [1.165, 1.54) is 17.8 Å². The SMILES string of the molecule is CC(=O)CCc1ccc(O)cc1.S=S=S=S=S=S=S=S=S=S=S=S=S=S=S=S=S=S=S=S=S=S=S=S=S=S=S=S=S=S=S=S=S=S=S=S=S=S=S=S=S=S. The molecule has 2 nitrogen and oxygen atoms in total. The molecule has 1 N–H and O–H groups in total. The van der Waals surface area contributed by atoms with Crippen LogP contribution in [0.2, 0.25) is 0 Å². The van der Waals surface area contributed by atoms with E-state index in [0.29, 0.717) is 6.42 Å². The third-order valence-corrected chi connectivity index (χ3v) is 89.5. The molecular weight excluding hydrogens is 1500 g/mol. The first kappa shape index (κ1) is 61.9. The van der Waals surface area contributed by atoms with Crippen molar-refractivity contribution >= 4 is 383 Å². The minimum atomic E-state index is 0.197. The molecular formula is C10H12O2S42. The monoisotopic (exact) mass is 1510 g/mol. The number of phenolic OH excluding ortho intramolecular Hbond substituents is 1. The second-order valence-electron chi connectivity index (χ2n) is 5.59. The molecule has 0 radical (unpaired) electrons. The van der Waals surface area contributed by atoms with Gasteiger partial charge in [0.2, 0.25) is 0 Å². The van der Waals surface area contributed by atoms with Crippen molar-refractivity contribution in [1.29, 1.82) is 0 Å². The fourth-order valence-corrected chi connectivity index (χ4v) is 106. The smallest absolute Gasteiger partial charge is 0.130 e. The normalized spacial score (nSPS) is 8.17. The van der Waals surface area contributed by atoms with Gasteiger partial charge in [-0.15, -0.1) is 0 Å². The van der Waals surface area contributed by atoms with Gasteiger partial charge in [-0.25, -0.2) is 0 Å². The van der Waals surface area contributed by atoms with E-state index in [9.17, 15) is 4.79 Å². The Kier molecular flexibility index (Phi) is 63.4. The highest BCUT2D eigenvalue weighted by atomic mass is 33.5. The number of hydrogen-bond acceptors (Lipinski definition) is 4. The molecule has 44 heteroatoms. The minimum absolute atomic E-state index is 0.197. The summed E-state index contributed by atoms with van der Waals surface area (Å²) < 4.78 is 0. The topological polar surface area (TPSA) is 37.3 Å². The van der Waals surface area contributed by atoms with E-state index in [1.54, 1.807) is 126 Å². The third-order valence-electron chi connectivity index (χ3n) is 2.79. The number of hydrogen-bond donors (Lipinski definition) is 1. The molecule has 0 spiro atoms. The lowest BCUT2D eigenvalue weighted by atomic mass is 10.1. The highest BCUT2D eigenvalue weighted by molar-refractivity contribution is 8.81. The van der Waals surface area contributed by atoms with Crippen LogP contribution in [0.5, 0.6) is 5.75 Å². The molecule has 0 bridgehead atoms. The Morgan fingerprint density at radius 2 is 0.574 bits per heavy atom. The molecule has 1 aromatic carbocycles. The zero-order valence-electron chi connectivity index (χ0n) is 24.2. The van der Waals surface area contributed by atoms with Crippen LogP contribution in [-0.2, 0) is 389 Å². The molecule has 0 aromatic heterocycles. The molecule has 1 aromatic rings. The van der Waals surface area contributed by atoms with Crippen molar-refractivity contribution in [2.75, 3.05) is 0 Å². The molecule has 0 atom stereocenters. The lowest BCUT2D eigenvalue weighted by molar-refractivity contribution is -0.116. The van der Waals surface area contributed by atoms with Crippen LogP contribution in [0.25, 0.3) is 0 Å². The predicted molar refractivity (Wildman–Crippen MR) is 356 cm³/mol. The summed E-state index contributed by atoms with van der Waals surface area (Å²) in [7, 11) is 71.1. The molecule has 0 aliphatic carbocycles. The largest absolute Gasteiger partial charge is 0.508 e. The Morgan fingerprint density at radius 3 is 0.741 bits per heavy atom. The van der Waals surface area contributed by atoms with E-state index in [4.69, 9.17) is 27.5 Å². The molecule has 1 rings (SSSR count). The van der Waals surface area contributed by atoms with Crippen LogP contribution >= 0.6 is 0 Å². The Morgan fingerprint density at radius 1 is 0.389 bits per heavy atom. The van der Waals surface area contributed by atoms with Crippen molar-refractivity contribution in [3.05, 3.63) is 29.8 Å². The average Bonchev–Trinajstić information content (AvgIpc) is 3.17. The third kappa shape index (κ3) is 54.3. The zero-order valence-corrected chi connectivity index (χ0v) is 58.5. The molecule has 0 amide bonds. The predicted octanol–water partition coefficient (Wildman–Crippen LogP) is 1.81. The first-order valence-corrected chi connectivity index (χ1v) is 65.5. The summed E-state index contributed by atoms with van der Waals surface area (Å²) in [6, 6.07) is 6.93. The summed E-state index contributed by atoms with van der Waals surface area (Å²) in [5.74, 6) is 0.463. The number of Topliss-reactive ketones (excluding diaryl/α,β-unsaturated/α-hetero) is 1. The van der Waals surface area contributed by atoms with Crippen molar-refractivity contribution in [3.63, 3.8) is 0 Å². The minimum Gasteiger partial charge on any atom is -0.508 e. The van der Waals surface area contributed by atoms with Gasteiger partial charge in [0.15, 0.2) is 0 Å². The van der Waals surface area contributed by atoms with E-state index in [-0.39, 0.29) is 11.5 Å². The van der Waals surface area contributed by atoms with E-state index >= 15 is 0 Å².